The molecule has 0 bridgehead atoms. The van der Waals surface area contributed by atoms with Crippen molar-refractivity contribution in [3.63, 3.8) is 0 Å². The maximum Gasteiger partial charge on any atom is 0.254 e. The van der Waals surface area contributed by atoms with Gasteiger partial charge in [-0.1, -0.05) is 30.3 Å². The van der Waals surface area contributed by atoms with E-state index in [2.05, 4.69) is 4.98 Å². The first-order valence-electron chi connectivity index (χ1n) is 14.1. The Morgan fingerprint density at radius 1 is 0.909 bits per heavy atom. The number of rotatable bonds is 19. The van der Waals surface area contributed by atoms with Crippen molar-refractivity contribution in [2.75, 3.05) is 67.0 Å². The second-order valence-electron chi connectivity index (χ2n) is 10.0. The molecule has 0 N–H and O–H groups in total. The molecule has 0 saturated heterocycles. The quantitative estimate of drug-likeness (QED) is 0.179. The molecular weight excluding hydrogens is 606 g/mol. The molecule has 3 rings (SSSR count). The van der Waals surface area contributed by atoms with Gasteiger partial charge in [-0.3, -0.25) is 9.59 Å². The number of carbonyl (C=O) groups is 2. The van der Waals surface area contributed by atoms with Gasteiger partial charge in [-0.05, 0) is 37.5 Å². The lowest BCUT2D eigenvalue weighted by Gasteiger charge is -2.23. The molecule has 3 aromatic rings. The van der Waals surface area contributed by atoms with Crippen LogP contribution in [0.2, 0.25) is 0 Å². The molecule has 0 aliphatic heterocycles. The Labute approximate surface area is 263 Å². The number of hydrogen-bond donors (Lipinski definition) is 0. The Balaban J connectivity index is 1.80. The molecule has 11 nitrogen and oxygen atoms in total. The number of methoxy groups -OCH3 is 4. The van der Waals surface area contributed by atoms with Crippen molar-refractivity contribution in [2.45, 2.75) is 26.3 Å². The molecule has 0 aliphatic rings. The molecule has 0 fully saturated rings. The van der Waals surface area contributed by atoms with Gasteiger partial charge < -0.3 is 23.8 Å². The topological polar surface area (TPSA) is 125 Å². The first-order chi connectivity index (χ1) is 21.1. The molecule has 13 heteroatoms. The number of benzene rings is 2. The van der Waals surface area contributed by atoms with Crippen molar-refractivity contribution in [3.05, 3.63) is 75.2 Å². The van der Waals surface area contributed by atoms with Crippen molar-refractivity contribution >= 4 is 33.1 Å². The number of thiazole rings is 1. The second kappa shape index (κ2) is 17.2. The van der Waals surface area contributed by atoms with Crippen LogP contribution in [0.5, 0.6) is 11.5 Å². The summed E-state index contributed by atoms with van der Waals surface area (Å²) < 4.78 is 48.2. The highest BCUT2D eigenvalue weighted by Crippen LogP contribution is 2.30. The molecule has 0 saturated carbocycles. The number of carbonyl (C=O) groups excluding carboxylic acids is 2. The molecule has 44 heavy (non-hydrogen) atoms. The Bertz CT molecular complexity index is 1450. The summed E-state index contributed by atoms with van der Waals surface area (Å²) in [6, 6.07) is 13.4. The monoisotopic (exact) mass is 647 g/mol. The van der Waals surface area contributed by atoms with Crippen molar-refractivity contribution in [3.8, 4) is 11.5 Å². The minimum atomic E-state index is -3.93. The van der Waals surface area contributed by atoms with E-state index in [1.54, 1.807) is 17.0 Å². The molecule has 2 aromatic carbocycles. The molecule has 1 heterocycles. The summed E-state index contributed by atoms with van der Waals surface area (Å²) >= 11 is 1.20. The lowest BCUT2D eigenvalue weighted by molar-refractivity contribution is 0.0740. The number of aryl methyl sites for hydroxylation is 1. The number of aromatic nitrogens is 1. The standard InChI is InChI=1S/C31H41N3O8S2/c1-23-28(41-4)18-25(19-29(23)42-5)31(36)33(13-9-12-24-10-7-6-8-11-24)20-30-32-26(21-43-30)27(35)22-44(37,38)34(14-16-39-2)15-17-40-3/h6-8,10-11,18-19,21H,9,12-17,20,22H2,1-5H3. The maximum absolute atomic E-state index is 13.8. The van der Waals surface area contributed by atoms with Crippen LogP contribution in [0.4, 0.5) is 0 Å². The summed E-state index contributed by atoms with van der Waals surface area (Å²) in [4.78, 5) is 33.0. The zero-order chi connectivity index (χ0) is 32.1. The van der Waals surface area contributed by atoms with Crippen LogP contribution >= 0.6 is 11.3 Å². The minimum Gasteiger partial charge on any atom is -0.496 e. The normalized spacial score (nSPS) is 11.5. The summed E-state index contributed by atoms with van der Waals surface area (Å²) in [7, 11) is 2.10. The Morgan fingerprint density at radius 3 is 2.09 bits per heavy atom. The maximum atomic E-state index is 13.8. The summed E-state index contributed by atoms with van der Waals surface area (Å²) in [5.41, 5.74) is 2.38. The van der Waals surface area contributed by atoms with Gasteiger partial charge in [0.05, 0.1) is 34.0 Å². The van der Waals surface area contributed by atoms with Gasteiger partial charge in [0.1, 0.15) is 28.0 Å². The lowest BCUT2D eigenvalue weighted by atomic mass is 10.1. The van der Waals surface area contributed by atoms with Crippen LogP contribution in [-0.2, 0) is 32.5 Å². The van der Waals surface area contributed by atoms with E-state index in [1.807, 2.05) is 37.3 Å². The molecular formula is C31H41N3O8S2. The largest absolute Gasteiger partial charge is 0.496 e. The van der Waals surface area contributed by atoms with E-state index in [-0.39, 0.29) is 44.4 Å². The molecule has 1 amide bonds. The van der Waals surface area contributed by atoms with Gasteiger partial charge in [0, 0.05) is 50.4 Å². The number of nitrogens with zero attached hydrogens (tertiary/aromatic N) is 3. The van der Waals surface area contributed by atoms with E-state index in [9.17, 15) is 18.0 Å². The Hall–Kier alpha value is -3.36. The number of Topliss-reactive ketones (excluding diaryl/α,β-unsaturated/α-hetero) is 1. The first kappa shape index (κ1) is 35.1. The van der Waals surface area contributed by atoms with Crippen LogP contribution in [0.15, 0.2) is 47.8 Å². The number of amides is 1. The minimum absolute atomic E-state index is 0.0439. The fraction of sp³-hybridized carbons (Fsp3) is 0.452. The van der Waals surface area contributed by atoms with Crippen LogP contribution < -0.4 is 9.47 Å². The average molecular weight is 648 g/mol. The van der Waals surface area contributed by atoms with E-state index in [0.29, 0.717) is 35.0 Å². The molecule has 0 spiro atoms. The van der Waals surface area contributed by atoms with Crippen LogP contribution in [-0.4, -0.2) is 101 Å². The van der Waals surface area contributed by atoms with E-state index >= 15 is 0 Å². The SMILES string of the molecule is COCCN(CCOC)S(=O)(=O)CC(=O)c1csc(CN(CCCc2ccccc2)C(=O)c2cc(OC)c(C)c(OC)c2)n1. The Morgan fingerprint density at radius 2 is 1.52 bits per heavy atom. The van der Waals surface area contributed by atoms with Crippen LogP contribution in [0.1, 0.15) is 43.4 Å². The van der Waals surface area contributed by atoms with Gasteiger partial charge in [-0.25, -0.2) is 13.4 Å². The molecule has 240 valence electrons. The van der Waals surface area contributed by atoms with E-state index in [1.165, 1.54) is 49.5 Å². The fourth-order valence-corrected chi connectivity index (χ4v) is 6.73. The Kier molecular flexibility index (Phi) is 13.7. The molecule has 0 unspecified atom stereocenters. The van der Waals surface area contributed by atoms with E-state index in [4.69, 9.17) is 18.9 Å². The third kappa shape index (κ3) is 9.83. The highest BCUT2D eigenvalue weighted by atomic mass is 32.2. The summed E-state index contributed by atoms with van der Waals surface area (Å²) in [5, 5.41) is 2.05. The molecule has 0 aliphatic carbocycles. The number of ketones is 1. The summed E-state index contributed by atoms with van der Waals surface area (Å²) in [6.45, 7) is 3.00. The van der Waals surface area contributed by atoms with Crippen molar-refractivity contribution in [1.29, 1.82) is 0 Å². The number of ether oxygens (including phenoxy) is 4. The highest BCUT2D eigenvalue weighted by Gasteiger charge is 2.27. The van der Waals surface area contributed by atoms with Gasteiger partial charge in [0.2, 0.25) is 10.0 Å². The average Bonchev–Trinajstić information content (AvgIpc) is 3.49. The summed E-state index contributed by atoms with van der Waals surface area (Å²) in [5.74, 6) is -0.531. The van der Waals surface area contributed by atoms with Gasteiger partial charge in [0.25, 0.3) is 5.91 Å². The van der Waals surface area contributed by atoms with Crippen molar-refractivity contribution < 1.29 is 37.0 Å². The summed E-state index contributed by atoms with van der Waals surface area (Å²) in [6.07, 6.45) is 1.47. The van der Waals surface area contributed by atoms with Crippen molar-refractivity contribution in [1.82, 2.24) is 14.2 Å². The van der Waals surface area contributed by atoms with Gasteiger partial charge in [-0.15, -0.1) is 11.3 Å². The van der Waals surface area contributed by atoms with E-state index < -0.39 is 21.6 Å². The third-order valence-corrected chi connectivity index (χ3v) is 9.60. The number of sulfonamides is 1. The zero-order valence-corrected chi connectivity index (χ0v) is 27.5. The second-order valence-corrected chi connectivity index (χ2v) is 12.9. The molecule has 0 radical (unpaired) electrons. The predicted molar refractivity (Wildman–Crippen MR) is 169 cm³/mol. The first-order valence-corrected chi connectivity index (χ1v) is 16.6. The zero-order valence-electron chi connectivity index (χ0n) is 25.9. The van der Waals surface area contributed by atoms with Crippen LogP contribution in [0.25, 0.3) is 0 Å². The van der Waals surface area contributed by atoms with E-state index in [0.717, 1.165) is 17.5 Å². The van der Waals surface area contributed by atoms with Gasteiger partial charge in [0.15, 0.2) is 5.78 Å². The van der Waals surface area contributed by atoms with Gasteiger partial charge >= 0.3 is 0 Å². The van der Waals surface area contributed by atoms with Crippen LogP contribution in [0, 0.1) is 6.92 Å². The number of hydrogen-bond acceptors (Lipinski definition) is 10. The predicted octanol–water partition coefficient (Wildman–Crippen LogP) is 3.85. The van der Waals surface area contributed by atoms with Crippen LogP contribution in [0.3, 0.4) is 0 Å². The third-order valence-electron chi connectivity index (χ3n) is 6.98. The van der Waals surface area contributed by atoms with Crippen molar-refractivity contribution in [2.24, 2.45) is 0 Å². The molecule has 1 aromatic heterocycles. The van der Waals surface area contributed by atoms with Gasteiger partial charge in [-0.2, -0.15) is 4.31 Å². The smallest absolute Gasteiger partial charge is 0.254 e. The fourth-order valence-electron chi connectivity index (χ4n) is 4.55. The lowest BCUT2D eigenvalue weighted by Crippen LogP contribution is -2.39. The molecule has 0 atom stereocenters. The highest BCUT2D eigenvalue weighted by molar-refractivity contribution is 7.89.